The third-order valence-corrected chi connectivity index (χ3v) is 12.5. The monoisotopic (exact) mass is 998 g/mol. The van der Waals surface area contributed by atoms with Crippen molar-refractivity contribution >= 4 is 107 Å². The fraction of sp³-hybridized carbons (Fsp3) is 0.325. The van der Waals surface area contributed by atoms with Crippen molar-refractivity contribution < 1.29 is 33.6 Å². The third-order valence-electron chi connectivity index (χ3n) is 9.26. The molecular weight excluding hydrogens is 952 g/mol. The molecule has 0 saturated heterocycles. The van der Waals surface area contributed by atoms with E-state index in [-0.39, 0.29) is 60.5 Å². The predicted molar refractivity (Wildman–Crippen MR) is 244 cm³/mol. The van der Waals surface area contributed by atoms with Crippen molar-refractivity contribution in [3.63, 3.8) is 0 Å². The maximum absolute atomic E-state index is 13.2. The molecular formula is C40H48Br2N12O7S. The molecule has 5 aromatic heterocycles. The maximum Gasteiger partial charge on any atom is 0.272 e. The lowest BCUT2D eigenvalue weighted by molar-refractivity contribution is -0.121. The van der Waals surface area contributed by atoms with E-state index >= 15 is 0 Å². The first kappa shape index (κ1) is 47.1. The second-order valence-electron chi connectivity index (χ2n) is 14.6. The van der Waals surface area contributed by atoms with Gasteiger partial charge in [0.1, 0.15) is 22.8 Å². The number of hydrogen-bond donors (Lipinski definition) is 7. The van der Waals surface area contributed by atoms with Gasteiger partial charge in [-0.05, 0) is 89.3 Å². The molecule has 7 amide bonds. The predicted octanol–water partition coefficient (Wildman–Crippen LogP) is 4.33. The Balaban J connectivity index is 1.05. The van der Waals surface area contributed by atoms with Crippen LogP contribution in [0.25, 0.3) is 0 Å². The van der Waals surface area contributed by atoms with Crippen LogP contribution in [0.2, 0.25) is 0 Å². The number of carbonyl (C=O) groups is 7. The highest BCUT2D eigenvalue weighted by atomic mass is 79.9. The summed E-state index contributed by atoms with van der Waals surface area (Å²) in [5.74, 6) is -2.68. The molecule has 0 atom stereocenters. The number of rotatable bonds is 19. The third kappa shape index (κ3) is 12.8. The lowest BCUT2D eigenvalue weighted by atomic mass is 10.3. The summed E-state index contributed by atoms with van der Waals surface area (Å²) in [5.41, 5.74) is 2.58. The minimum atomic E-state index is -0.476. The van der Waals surface area contributed by atoms with Crippen molar-refractivity contribution in [1.82, 2.24) is 39.1 Å². The lowest BCUT2D eigenvalue weighted by Crippen LogP contribution is -2.32. The van der Waals surface area contributed by atoms with Gasteiger partial charge in [0, 0.05) is 89.9 Å². The SMILES string of the molecule is CN(C)CCCNC(=O)CCNC(=O)c1cc(NC(=O)c2cc(NC(=O)CCNC(=O)c3cc(NC(=O)c4cc(NC(=O)c5cc(Br)c(Br)s5)cn4C)cn3C)cn2C)cn1C. The zero-order valence-corrected chi connectivity index (χ0v) is 38.9. The molecule has 0 aliphatic heterocycles. The number of carbonyl (C=O) groups excluding carboxylic acids is 7. The van der Waals surface area contributed by atoms with Gasteiger partial charge >= 0.3 is 0 Å². The van der Waals surface area contributed by atoms with Crippen LogP contribution in [-0.2, 0) is 37.8 Å². The van der Waals surface area contributed by atoms with Gasteiger partial charge in [-0.2, -0.15) is 0 Å². The molecule has 0 spiro atoms. The first-order valence-corrected chi connectivity index (χ1v) is 21.6. The quantitative estimate of drug-likeness (QED) is 0.0589. The van der Waals surface area contributed by atoms with Gasteiger partial charge < -0.3 is 60.4 Å². The first-order valence-electron chi connectivity index (χ1n) is 19.2. The summed E-state index contributed by atoms with van der Waals surface area (Å²) in [6, 6.07) is 7.77. The molecule has 5 heterocycles. The van der Waals surface area contributed by atoms with Crippen molar-refractivity contribution in [2.45, 2.75) is 19.3 Å². The van der Waals surface area contributed by atoms with E-state index in [9.17, 15) is 33.6 Å². The van der Waals surface area contributed by atoms with Crippen molar-refractivity contribution in [3.8, 4) is 0 Å². The molecule has 22 heteroatoms. The average molecular weight is 1000 g/mol. The Morgan fingerprint density at radius 1 is 0.532 bits per heavy atom. The molecule has 7 N–H and O–H groups in total. The number of anilines is 4. The smallest absolute Gasteiger partial charge is 0.272 e. The van der Waals surface area contributed by atoms with Crippen LogP contribution in [0.1, 0.15) is 70.9 Å². The average Bonchev–Trinajstić information content (AvgIpc) is 4.02. The van der Waals surface area contributed by atoms with E-state index in [1.54, 1.807) is 83.4 Å². The van der Waals surface area contributed by atoms with Gasteiger partial charge in [0.15, 0.2) is 0 Å². The Labute approximate surface area is 378 Å². The van der Waals surface area contributed by atoms with E-state index in [0.29, 0.717) is 34.2 Å². The highest BCUT2D eigenvalue weighted by Gasteiger charge is 2.20. The zero-order chi connectivity index (χ0) is 45.2. The number of aryl methyl sites for hydroxylation is 4. The number of nitrogens with zero attached hydrogens (tertiary/aromatic N) is 5. The minimum Gasteiger partial charge on any atom is -0.356 e. The van der Waals surface area contributed by atoms with Crippen LogP contribution in [0.3, 0.4) is 0 Å². The van der Waals surface area contributed by atoms with Crippen LogP contribution in [0.15, 0.2) is 63.4 Å². The summed E-state index contributed by atoms with van der Waals surface area (Å²) >= 11 is 8.01. The Morgan fingerprint density at radius 3 is 1.35 bits per heavy atom. The number of aromatic nitrogens is 4. The van der Waals surface area contributed by atoms with Gasteiger partial charge in [-0.3, -0.25) is 33.6 Å². The second kappa shape index (κ2) is 21.2. The molecule has 5 aromatic rings. The molecule has 19 nitrogen and oxygen atoms in total. The topological polar surface area (TPSA) is 227 Å². The van der Waals surface area contributed by atoms with E-state index in [4.69, 9.17) is 0 Å². The number of hydrogen-bond acceptors (Lipinski definition) is 9. The molecule has 0 bridgehead atoms. The summed E-state index contributed by atoms with van der Waals surface area (Å²) in [6.45, 7) is 1.57. The fourth-order valence-corrected chi connectivity index (χ4v) is 8.10. The highest BCUT2D eigenvalue weighted by Crippen LogP contribution is 2.33. The lowest BCUT2D eigenvalue weighted by Gasteiger charge is -2.10. The molecule has 0 unspecified atom stereocenters. The Bertz CT molecular complexity index is 2480. The van der Waals surface area contributed by atoms with Crippen molar-refractivity contribution in [3.05, 3.63) is 91.0 Å². The molecule has 0 saturated carbocycles. The molecule has 0 aliphatic rings. The van der Waals surface area contributed by atoms with Crippen LogP contribution in [0, 0.1) is 0 Å². The highest BCUT2D eigenvalue weighted by molar-refractivity contribution is 9.13. The van der Waals surface area contributed by atoms with E-state index < -0.39 is 29.5 Å². The summed E-state index contributed by atoms with van der Waals surface area (Å²) in [5, 5.41) is 19.3. The normalized spacial score (nSPS) is 11.0. The Kier molecular flexibility index (Phi) is 16.1. The standard InChI is InChI=1S/C40H48Br2N12O7S/c1-50(2)13-7-10-43-33(55)8-11-44-36(57)28-15-24(20-51(28)3)47-38(59)30-14-23(19-53(30)5)46-34(56)9-12-45-37(58)29-16-25(21-52(29)4)48-39(60)31-17-26(22-54(31)6)49-40(61)32-18-27(41)35(42)62-32/h14-22H,7-13H2,1-6H3,(H,43,55)(H,44,57)(H,45,58)(H,46,56)(H,47,59)(H,48,60)(H,49,61). The van der Waals surface area contributed by atoms with E-state index in [0.717, 1.165) is 21.2 Å². The van der Waals surface area contributed by atoms with Gasteiger partial charge in [-0.15, -0.1) is 11.3 Å². The zero-order valence-electron chi connectivity index (χ0n) is 34.9. The fourth-order valence-electron chi connectivity index (χ4n) is 6.17. The minimum absolute atomic E-state index is 0.00308. The summed E-state index contributed by atoms with van der Waals surface area (Å²) in [7, 11) is 10.5. The van der Waals surface area contributed by atoms with Crippen molar-refractivity contribution in [2.24, 2.45) is 28.2 Å². The van der Waals surface area contributed by atoms with Crippen LogP contribution in [0.5, 0.6) is 0 Å². The Morgan fingerprint density at radius 2 is 0.935 bits per heavy atom. The largest absolute Gasteiger partial charge is 0.356 e. The molecule has 0 aliphatic carbocycles. The summed E-state index contributed by atoms with van der Waals surface area (Å²) in [6.07, 6.45) is 7.25. The van der Waals surface area contributed by atoms with E-state index in [2.05, 4.69) is 69.1 Å². The van der Waals surface area contributed by atoms with Crippen LogP contribution < -0.4 is 37.2 Å². The molecule has 330 valence electrons. The number of nitrogens with one attached hydrogen (secondary N) is 7. The molecule has 0 fully saturated rings. The van der Waals surface area contributed by atoms with Gasteiger partial charge in [-0.1, -0.05) is 0 Å². The number of halogens is 2. The molecule has 62 heavy (non-hydrogen) atoms. The van der Waals surface area contributed by atoms with Gasteiger partial charge in [-0.25, -0.2) is 0 Å². The summed E-state index contributed by atoms with van der Waals surface area (Å²) in [4.78, 5) is 92.2. The van der Waals surface area contributed by atoms with Crippen molar-refractivity contribution in [1.29, 1.82) is 0 Å². The number of amides is 7. The van der Waals surface area contributed by atoms with Crippen molar-refractivity contribution in [2.75, 3.05) is 61.5 Å². The molecule has 0 aromatic carbocycles. The van der Waals surface area contributed by atoms with E-state index in [1.165, 1.54) is 29.5 Å². The Hall–Kier alpha value is -5.97. The van der Waals surface area contributed by atoms with E-state index in [1.807, 2.05) is 19.0 Å². The maximum atomic E-state index is 13.2. The molecule has 0 radical (unpaired) electrons. The van der Waals surface area contributed by atoms with Gasteiger partial charge in [0.05, 0.1) is 31.4 Å². The van der Waals surface area contributed by atoms with Gasteiger partial charge in [0.2, 0.25) is 11.8 Å². The summed E-state index contributed by atoms with van der Waals surface area (Å²) < 4.78 is 7.77. The first-order chi connectivity index (χ1) is 29.4. The molecule has 5 rings (SSSR count). The van der Waals surface area contributed by atoms with Crippen LogP contribution >= 0.6 is 43.2 Å². The number of thiophene rings is 1. The van der Waals surface area contributed by atoms with Gasteiger partial charge in [0.25, 0.3) is 29.5 Å². The van der Waals surface area contributed by atoms with Crippen LogP contribution in [0.4, 0.5) is 22.7 Å². The second-order valence-corrected chi connectivity index (χ2v) is 17.8. The van der Waals surface area contributed by atoms with Crippen LogP contribution in [-0.4, -0.2) is 105 Å².